The van der Waals surface area contributed by atoms with Crippen molar-refractivity contribution in [3.63, 3.8) is 0 Å². The van der Waals surface area contributed by atoms with Crippen LogP contribution in [-0.4, -0.2) is 32.5 Å². The standard InChI is InChI=1S/C27H44O5Si/c1-20(2)24(19-15-10-12-16-21(3)32-33(8,9)27(5,6)7)31-26(29)25(30-22(4)28)23-17-13-11-14-18-23/h10-11,13-15,17-18,20-21,24-25H,12,16,19H2,1-9H3/b15-10-/t21-,24+,25-/m1/s1. The van der Waals surface area contributed by atoms with Gasteiger partial charge in [-0.2, -0.15) is 0 Å². The lowest BCUT2D eigenvalue weighted by Crippen LogP contribution is -2.43. The summed E-state index contributed by atoms with van der Waals surface area (Å²) in [5.74, 6) is -0.927. The van der Waals surface area contributed by atoms with Crippen LogP contribution in [0.3, 0.4) is 0 Å². The summed E-state index contributed by atoms with van der Waals surface area (Å²) in [5.41, 5.74) is 0.603. The van der Waals surface area contributed by atoms with Crippen LogP contribution in [-0.2, 0) is 23.5 Å². The zero-order valence-corrected chi connectivity index (χ0v) is 23.0. The molecule has 0 unspecified atom stereocenters. The third kappa shape index (κ3) is 10.3. The SMILES string of the molecule is CC(=O)O[C@@H](C(=O)O[C@@H](C/C=C\CC[C@@H](C)O[Si](C)(C)C(C)(C)C)C(C)C)c1ccccc1. The van der Waals surface area contributed by atoms with Gasteiger partial charge in [0.1, 0.15) is 6.10 Å². The first-order valence-corrected chi connectivity index (χ1v) is 14.9. The molecule has 0 aliphatic rings. The van der Waals surface area contributed by atoms with E-state index < -0.39 is 26.4 Å². The molecule has 0 aromatic heterocycles. The second-order valence-corrected chi connectivity index (χ2v) is 15.3. The Labute approximate surface area is 202 Å². The first-order chi connectivity index (χ1) is 15.2. The quantitative estimate of drug-likeness (QED) is 0.185. The van der Waals surface area contributed by atoms with Crippen LogP contribution in [0.25, 0.3) is 0 Å². The maximum atomic E-state index is 12.8. The molecule has 186 valence electrons. The predicted molar refractivity (Wildman–Crippen MR) is 136 cm³/mol. The molecule has 33 heavy (non-hydrogen) atoms. The van der Waals surface area contributed by atoms with Crippen molar-refractivity contribution >= 4 is 20.3 Å². The van der Waals surface area contributed by atoms with Gasteiger partial charge in [-0.05, 0) is 43.8 Å². The summed E-state index contributed by atoms with van der Waals surface area (Å²) in [4.78, 5) is 24.4. The number of ether oxygens (including phenoxy) is 2. The Morgan fingerprint density at radius 1 is 1.00 bits per heavy atom. The van der Waals surface area contributed by atoms with Crippen molar-refractivity contribution in [2.24, 2.45) is 5.92 Å². The van der Waals surface area contributed by atoms with E-state index in [1.54, 1.807) is 24.3 Å². The molecule has 0 amide bonds. The summed E-state index contributed by atoms with van der Waals surface area (Å²) in [5, 5.41) is 0.204. The highest BCUT2D eigenvalue weighted by molar-refractivity contribution is 6.74. The van der Waals surface area contributed by atoms with Crippen molar-refractivity contribution < 1.29 is 23.5 Å². The second-order valence-electron chi connectivity index (χ2n) is 10.6. The Balaban J connectivity index is 2.65. The Kier molecular flexibility index (Phi) is 11.5. The van der Waals surface area contributed by atoms with Crippen LogP contribution >= 0.6 is 0 Å². The first kappa shape index (κ1) is 29.1. The maximum Gasteiger partial charge on any atom is 0.352 e. The minimum atomic E-state index is -1.76. The molecule has 0 bridgehead atoms. The van der Waals surface area contributed by atoms with Gasteiger partial charge in [-0.3, -0.25) is 4.79 Å². The van der Waals surface area contributed by atoms with Gasteiger partial charge in [0, 0.05) is 25.0 Å². The summed E-state index contributed by atoms with van der Waals surface area (Å²) in [6.07, 6.45) is 5.55. The Hall–Kier alpha value is -1.92. The van der Waals surface area contributed by atoms with Crippen molar-refractivity contribution in [1.82, 2.24) is 0 Å². The van der Waals surface area contributed by atoms with Crippen LogP contribution in [0.4, 0.5) is 0 Å². The summed E-state index contributed by atoms with van der Waals surface area (Å²) < 4.78 is 17.5. The van der Waals surface area contributed by atoms with E-state index >= 15 is 0 Å². The zero-order chi connectivity index (χ0) is 25.2. The van der Waals surface area contributed by atoms with Gasteiger partial charge in [-0.1, -0.05) is 77.1 Å². The lowest BCUT2D eigenvalue weighted by molar-refractivity contribution is -0.172. The molecule has 3 atom stereocenters. The average molecular weight is 477 g/mol. The highest BCUT2D eigenvalue weighted by Crippen LogP contribution is 2.37. The normalized spacial score (nSPS) is 15.3. The third-order valence-corrected chi connectivity index (χ3v) is 10.8. The van der Waals surface area contributed by atoms with Gasteiger partial charge in [0.25, 0.3) is 0 Å². The van der Waals surface area contributed by atoms with Crippen LogP contribution < -0.4 is 0 Å². The molecular weight excluding hydrogens is 432 g/mol. The predicted octanol–water partition coefficient (Wildman–Crippen LogP) is 7.00. The van der Waals surface area contributed by atoms with Crippen molar-refractivity contribution in [3.05, 3.63) is 48.0 Å². The molecule has 1 aromatic carbocycles. The van der Waals surface area contributed by atoms with E-state index in [-0.39, 0.29) is 23.2 Å². The van der Waals surface area contributed by atoms with Gasteiger partial charge in [0.15, 0.2) is 8.32 Å². The van der Waals surface area contributed by atoms with E-state index in [9.17, 15) is 9.59 Å². The zero-order valence-electron chi connectivity index (χ0n) is 22.0. The average Bonchev–Trinajstić information content (AvgIpc) is 2.69. The molecule has 1 aromatic rings. The van der Waals surface area contributed by atoms with E-state index in [0.717, 1.165) is 12.8 Å². The Bertz CT molecular complexity index is 764. The number of rotatable bonds is 12. The monoisotopic (exact) mass is 476 g/mol. The van der Waals surface area contributed by atoms with Crippen LogP contribution in [0.5, 0.6) is 0 Å². The fourth-order valence-electron chi connectivity index (χ4n) is 3.13. The van der Waals surface area contributed by atoms with Crippen LogP contribution in [0.2, 0.25) is 18.1 Å². The molecule has 0 aliphatic heterocycles. The number of hydrogen-bond donors (Lipinski definition) is 0. The molecule has 6 heteroatoms. The highest BCUT2D eigenvalue weighted by Gasteiger charge is 2.38. The Morgan fingerprint density at radius 2 is 1.61 bits per heavy atom. The van der Waals surface area contributed by atoms with Crippen LogP contribution in [0.15, 0.2) is 42.5 Å². The minimum Gasteiger partial charge on any atom is -0.459 e. The maximum absolute atomic E-state index is 12.8. The van der Waals surface area contributed by atoms with Crippen LogP contribution in [0.1, 0.15) is 79.4 Å². The van der Waals surface area contributed by atoms with Crippen molar-refractivity contribution in [2.75, 3.05) is 0 Å². The molecule has 1 rings (SSSR count). The highest BCUT2D eigenvalue weighted by atomic mass is 28.4. The van der Waals surface area contributed by atoms with Crippen molar-refractivity contribution in [1.29, 1.82) is 0 Å². The second kappa shape index (κ2) is 13.1. The van der Waals surface area contributed by atoms with Gasteiger partial charge >= 0.3 is 11.9 Å². The molecule has 0 N–H and O–H groups in total. The van der Waals surface area contributed by atoms with Gasteiger partial charge in [-0.25, -0.2) is 4.79 Å². The van der Waals surface area contributed by atoms with Gasteiger partial charge in [0.05, 0.1) is 0 Å². The number of allylic oxidation sites excluding steroid dienone is 1. The van der Waals surface area contributed by atoms with Crippen molar-refractivity contribution in [3.8, 4) is 0 Å². The van der Waals surface area contributed by atoms with Gasteiger partial charge in [0.2, 0.25) is 6.10 Å². The molecule has 5 nitrogen and oxygen atoms in total. The fraction of sp³-hybridized carbons (Fsp3) is 0.630. The number of carbonyl (C=O) groups excluding carboxylic acids is 2. The molecule has 0 fully saturated rings. The molecule has 0 spiro atoms. The molecule has 0 radical (unpaired) electrons. The smallest absolute Gasteiger partial charge is 0.352 e. The summed E-state index contributed by atoms with van der Waals surface area (Å²) in [6.45, 7) is 18.8. The van der Waals surface area contributed by atoms with E-state index in [1.165, 1.54) is 6.92 Å². The largest absolute Gasteiger partial charge is 0.459 e. The van der Waals surface area contributed by atoms with Crippen LogP contribution in [0, 0.1) is 5.92 Å². The van der Waals surface area contributed by atoms with E-state index in [1.807, 2.05) is 19.9 Å². The lowest BCUT2D eigenvalue weighted by Gasteiger charge is -2.38. The molecule has 0 aliphatic carbocycles. The number of carbonyl (C=O) groups is 2. The molecular formula is C27H44O5Si. The topological polar surface area (TPSA) is 61.8 Å². The molecule has 0 saturated carbocycles. The van der Waals surface area contributed by atoms with Crippen molar-refractivity contribution in [2.45, 2.75) is 104 Å². The summed E-state index contributed by atoms with van der Waals surface area (Å²) in [6, 6.07) is 8.97. The number of hydrogen-bond acceptors (Lipinski definition) is 5. The summed E-state index contributed by atoms with van der Waals surface area (Å²) in [7, 11) is -1.76. The van der Waals surface area contributed by atoms with E-state index in [0.29, 0.717) is 12.0 Å². The van der Waals surface area contributed by atoms with Gasteiger partial charge in [-0.15, -0.1) is 0 Å². The number of benzene rings is 1. The van der Waals surface area contributed by atoms with Gasteiger partial charge < -0.3 is 13.9 Å². The molecule has 0 saturated heterocycles. The van der Waals surface area contributed by atoms with E-state index in [2.05, 4.69) is 52.9 Å². The van der Waals surface area contributed by atoms with E-state index in [4.69, 9.17) is 13.9 Å². The minimum absolute atomic E-state index is 0.133. The number of esters is 2. The summed E-state index contributed by atoms with van der Waals surface area (Å²) >= 11 is 0. The third-order valence-electron chi connectivity index (χ3n) is 6.19. The Morgan fingerprint density at radius 3 is 2.12 bits per heavy atom. The lowest BCUT2D eigenvalue weighted by atomic mass is 10.0. The fourth-order valence-corrected chi connectivity index (χ4v) is 4.61. The first-order valence-electron chi connectivity index (χ1n) is 12.0. The molecule has 0 heterocycles.